The van der Waals surface area contributed by atoms with Gasteiger partial charge in [0.15, 0.2) is 0 Å². The first kappa shape index (κ1) is 15.0. The molecule has 0 spiro atoms. The molecule has 0 heterocycles. The summed E-state index contributed by atoms with van der Waals surface area (Å²) in [5.74, 6) is 0.941. The molecule has 1 aromatic rings. The summed E-state index contributed by atoms with van der Waals surface area (Å²) in [5, 5.41) is 3.25. The fourth-order valence-electron chi connectivity index (χ4n) is 1.67. The zero-order valence-electron chi connectivity index (χ0n) is 11.7. The van der Waals surface area contributed by atoms with Crippen molar-refractivity contribution < 1.29 is 9.47 Å². The van der Waals surface area contributed by atoms with Crippen LogP contribution in [-0.4, -0.2) is 33.4 Å². The molecule has 1 rings (SSSR count). The fourth-order valence-corrected chi connectivity index (χ4v) is 1.67. The van der Waals surface area contributed by atoms with Gasteiger partial charge in [-0.25, -0.2) is 0 Å². The monoisotopic (exact) mass is 251 g/mol. The van der Waals surface area contributed by atoms with Crippen molar-refractivity contribution in [2.75, 3.05) is 27.4 Å². The summed E-state index contributed by atoms with van der Waals surface area (Å²) >= 11 is 0. The Hall–Kier alpha value is -1.06. The Labute approximate surface area is 110 Å². The molecule has 1 atom stereocenters. The lowest BCUT2D eigenvalue weighted by Crippen LogP contribution is -2.21. The molecule has 3 nitrogen and oxygen atoms in total. The fraction of sp³-hybridized carbons (Fsp3) is 0.600. The lowest BCUT2D eigenvalue weighted by Gasteiger charge is -2.10. The average molecular weight is 251 g/mol. The average Bonchev–Trinajstić information content (AvgIpc) is 2.42. The highest BCUT2D eigenvalue weighted by molar-refractivity contribution is 5.27. The molecule has 1 unspecified atom stereocenters. The Bertz CT molecular complexity index is 311. The number of ether oxygens (including phenoxy) is 2. The van der Waals surface area contributed by atoms with Crippen LogP contribution in [0.2, 0.25) is 0 Å². The molecule has 0 aliphatic rings. The van der Waals surface area contributed by atoms with Gasteiger partial charge in [0.2, 0.25) is 0 Å². The van der Waals surface area contributed by atoms with Crippen molar-refractivity contribution in [3.8, 4) is 5.75 Å². The van der Waals surface area contributed by atoms with E-state index < -0.39 is 0 Å². The summed E-state index contributed by atoms with van der Waals surface area (Å²) < 4.78 is 10.6. The van der Waals surface area contributed by atoms with Crippen LogP contribution in [0.25, 0.3) is 0 Å². The number of nitrogens with one attached hydrogen (secondary N) is 1. The second-order valence-electron chi connectivity index (χ2n) is 4.57. The maximum atomic E-state index is 5.62. The van der Waals surface area contributed by atoms with E-state index in [2.05, 4.69) is 24.4 Å². The van der Waals surface area contributed by atoms with Crippen LogP contribution in [0.4, 0.5) is 0 Å². The van der Waals surface area contributed by atoms with Crippen LogP contribution >= 0.6 is 0 Å². The van der Waals surface area contributed by atoms with E-state index in [0.717, 1.165) is 31.6 Å². The predicted molar refractivity (Wildman–Crippen MR) is 75.3 cm³/mol. The van der Waals surface area contributed by atoms with Gasteiger partial charge in [-0.15, -0.1) is 0 Å². The first-order chi connectivity index (χ1) is 8.76. The highest BCUT2D eigenvalue weighted by Crippen LogP contribution is 2.14. The molecule has 1 N–H and O–H groups in total. The number of aryl methyl sites for hydroxylation is 1. The van der Waals surface area contributed by atoms with Crippen molar-refractivity contribution in [1.29, 1.82) is 0 Å². The molecule has 0 fully saturated rings. The molecular formula is C15H25NO2. The second-order valence-corrected chi connectivity index (χ2v) is 4.57. The van der Waals surface area contributed by atoms with Gasteiger partial charge in [0.25, 0.3) is 0 Å². The third kappa shape index (κ3) is 6.03. The third-order valence-corrected chi connectivity index (χ3v) is 3.04. The van der Waals surface area contributed by atoms with Gasteiger partial charge in [0, 0.05) is 26.2 Å². The van der Waals surface area contributed by atoms with E-state index in [9.17, 15) is 0 Å². The largest absolute Gasteiger partial charge is 0.494 e. The van der Waals surface area contributed by atoms with Crippen LogP contribution in [0.5, 0.6) is 5.75 Å². The van der Waals surface area contributed by atoms with E-state index in [-0.39, 0.29) is 0 Å². The zero-order chi connectivity index (χ0) is 13.2. The van der Waals surface area contributed by atoms with Gasteiger partial charge in [-0.05, 0) is 44.5 Å². The second kappa shape index (κ2) is 8.95. The van der Waals surface area contributed by atoms with Crippen molar-refractivity contribution >= 4 is 0 Å². The number of rotatable bonds is 9. The summed E-state index contributed by atoms with van der Waals surface area (Å²) in [6.07, 6.45) is 3.19. The van der Waals surface area contributed by atoms with E-state index in [4.69, 9.17) is 9.47 Å². The predicted octanol–water partition coefficient (Wildman–Crippen LogP) is 2.64. The summed E-state index contributed by atoms with van der Waals surface area (Å²) in [5.41, 5.74) is 1.36. The van der Waals surface area contributed by atoms with Gasteiger partial charge in [-0.3, -0.25) is 0 Å². The third-order valence-electron chi connectivity index (χ3n) is 3.04. The number of hydrogen-bond acceptors (Lipinski definition) is 3. The number of methoxy groups -OCH3 is 1. The summed E-state index contributed by atoms with van der Waals surface area (Å²) in [6, 6.07) is 8.95. The molecule has 1 aromatic carbocycles. The molecule has 0 aromatic heterocycles. The minimum absolute atomic E-state index is 0.565. The van der Waals surface area contributed by atoms with E-state index >= 15 is 0 Å². The van der Waals surface area contributed by atoms with Gasteiger partial charge in [-0.1, -0.05) is 12.1 Å². The minimum Gasteiger partial charge on any atom is -0.494 e. The normalized spacial score (nSPS) is 12.4. The smallest absolute Gasteiger partial charge is 0.119 e. The highest BCUT2D eigenvalue weighted by Gasteiger charge is 2.00. The molecule has 0 radical (unpaired) electrons. The molecule has 0 saturated heterocycles. The standard InChI is InChI=1S/C15H25NO2/c1-13(16-2)5-6-14-7-9-15(10-8-14)18-12-4-11-17-3/h7-10,13,16H,4-6,11-12H2,1-3H3. The van der Waals surface area contributed by atoms with Gasteiger partial charge in [0.05, 0.1) is 6.61 Å². The molecule has 0 aliphatic carbocycles. The summed E-state index contributed by atoms with van der Waals surface area (Å²) in [7, 11) is 3.71. The molecule has 0 bridgehead atoms. The maximum Gasteiger partial charge on any atom is 0.119 e. The van der Waals surface area contributed by atoms with Crippen LogP contribution in [0.3, 0.4) is 0 Å². The number of hydrogen-bond donors (Lipinski definition) is 1. The summed E-state index contributed by atoms with van der Waals surface area (Å²) in [6.45, 7) is 3.66. The quantitative estimate of drug-likeness (QED) is 0.684. The van der Waals surface area contributed by atoms with Crippen molar-refractivity contribution in [1.82, 2.24) is 5.32 Å². The number of benzene rings is 1. The van der Waals surface area contributed by atoms with Crippen molar-refractivity contribution in [2.45, 2.75) is 32.2 Å². The van der Waals surface area contributed by atoms with E-state index in [1.165, 1.54) is 5.56 Å². The Morgan fingerprint density at radius 2 is 1.89 bits per heavy atom. The molecule has 0 amide bonds. The summed E-state index contributed by atoms with van der Waals surface area (Å²) in [4.78, 5) is 0. The zero-order valence-corrected chi connectivity index (χ0v) is 11.7. The Balaban J connectivity index is 2.28. The Kier molecular flexibility index (Phi) is 7.46. The van der Waals surface area contributed by atoms with Gasteiger partial charge < -0.3 is 14.8 Å². The van der Waals surface area contributed by atoms with Crippen LogP contribution < -0.4 is 10.1 Å². The van der Waals surface area contributed by atoms with Crippen molar-refractivity contribution in [2.24, 2.45) is 0 Å². The minimum atomic E-state index is 0.565. The van der Waals surface area contributed by atoms with Crippen molar-refractivity contribution in [3.05, 3.63) is 29.8 Å². The topological polar surface area (TPSA) is 30.5 Å². The van der Waals surface area contributed by atoms with E-state index in [1.807, 2.05) is 19.2 Å². The maximum absolute atomic E-state index is 5.62. The van der Waals surface area contributed by atoms with Crippen molar-refractivity contribution in [3.63, 3.8) is 0 Å². The van der Waals surface area contributed by atoms with Gasteiger partial charge >= 0.3 is 0 Å². The highest BCUT2D eigenvalue weighted by atomic mass is 16.5. The molecule has 0 aliphatic heterocycles. The van der Waals surface area contributed by atoms with E-state index in [1.54, 1.807) is 7.11 Å². The van der Waals surface area contributed by atoms with Crippen LogP contribution in [-0.2, 0) is 11.2 Å². The Morgan fingerprint density at radius 1 is 1.17 bits per heavy atom. The molecule has 0 saturated carbocycles. The lowest BCUT2D eigenvalue weighted by atomic mass is 10.1. The van der Waals surface area contributed by atoms with Crippen LogP contribution in [0, 0.1) is 0 Å². The van der Waals surface area contributed by atoms with Crippen LogP contribution in [0.1, 0.15) is 25.3 Å². The van der Waals surface area contributed by atoms with E-state index in [0.29, 0.717) is 12.6 Å². The lowest BCUT2D eigenvalue weighted by molar-refractivity contribution is 0.172. The van der Waals surface area contributed by atoms with Gasteiger partial charge in [-0.2, -0.15) is 0 Å². The Morgan fingerprint density at radius 3 is 2.50 bits per heavy atom. The molecule has 102 valence electrons. The molecular weight excluding hydrogens is 226 g/mol. The SMILES string of the molecule is CNC(C)CCc1ccc(OCCCOC)cc1. The first-order valence-electron chi connectivity index (χ1n) is 6.64. The van der Waals surface area contributed by atoms with Gasteiger partial charge in [0.1, 0.15) is 5.75 Å². The first-order valence-corrected chi connectivity index (χ1v) is 6.64. The molecule has 3 heteroatoms. The molecule has 18 heavy (non-hydrogen) atoms. The van der Waals surface area contributed by atoms with Crippen LogP contribution in [0.15, 0.2) is 24.3 Å².